The van der Waals surface area contributed by atoms with E-state index in [4.69, 9.17) is 4.74 Å². The summed E-state index contributed by atoms with van der Waals surface area (Å²) in [6, 6.07) is 9.63. The molecule has 0 saturated carbocycles. The van der Waals surface area contributed by atoms with Crippen LogP contribution in [0.5, 0.6) is 0 Å². The van der Waals surface area contributed by atoms with Crippen molar-refractivity contribution in [2.24, 2.45) is 0 Å². The van der Waals surface area contributed by atoms with E-state index in [0.717, 1.165) is 36.8 Å². The SMILES string of the molecule is CC(=O)N(C)c1sc2c(c1C(=O)OCc1ccccc1)CCCC2. The number of nitrogens with zero attached hydrogens (tertiary/aromatic N) is 1. The van der Waals surface area contributed by atoms with E-state index in [1.807, 2.05) is 30.3 Å². The first kappa shape index (κ1) is 16.7. The number of aryl methyl sites for hydroxylation is 1. The molecule has 1 aliphatic rings. The highest BCUT2D eigenvalue weighted by atomic mass is 32.1. The average Bonchev–Trinajstić information content (AvgIpc) is 2.99. The second-order valence-electron chi connectivity index (χ2n) is 6.03. The number of esters is 1. The van der Waals surface area contributed by atoms with Crippen LogP contribution >= 0.6 is 11.3 Å². The third-order valence-electron chi connectivity index (χ3n) is 4.35. The molecule has 5 heteroatoms. The molecule has 0 N–H and O–H groups in total. The van der Waals surface area contributed by atoms with Gasteiger partial charge >= 0.3 is 5.97 Å². The van der Waals surface area contributed by atoms with Crippen molar-refractivity contribution in [2.75, 3.05) is 11.9 Å². The number of thiophene rings is 1. The fourth-order valence-corrected chi connectivity index (χ4v) is 4.32. The van der Waals surface area contributed by atoms with Crippen LogP contribution in [-0.2, 0) is 29.0 Å². The Kier molecular flexibility index (Phi) is 5.00. The molecule has 1 aromatic heterocycles. The van der Waals surface area contributed by atoms with Gasteiger partial charge in [0.15, 0.2) is 0 Å². The van der Waals surface area contributed by atoms with Crippen molar-refractivity contribution in [3.05, 3.63) is 51.9 Å². The molecule has 1 aliphatic carbocycles. The van der Waals surface area contributed by atoms with Gasteiger partial charge in [-0.05, 0) is 36.8 Å². The van der Waals surface area contributed by atoms with Crippen molar-refractivity contribution in [1.82, 2.24) is 0 Å². The van der Waals surface area contributed by atoms with Gasteiger partial charge in [-0.1, -0.05) is 30.3 Å². The molecule has 2 aromatic rings. The molecule has 126 valence electrons. The van der Waals surface area contributed by atoms with E-state index in [-0.39, 0.29) is 18.5 Å². The highest BCUT2D eigenvalue weighted by Gasteiger charge is 2.29. The van der Waals surface area contributed by atoms with Crippen LogP contribution in [0.25, 0.3) is 0 Å². The zero-order chi connectivity index (χ0) is 17.1. The number of carbonyl (C=O) groups excluding carboxylic acids is 2. The number of ether oxygens (including phenoxy) is 1. The van der Waals surface area contributed by atoms with Crippen molar-refractivity contribution in [3.8, 4) is 0 Å². The maximum absolute atomic E-state index is 12.7. The highest BCUT2D eigenvalue weighted by molar-refractivity contribution is 7.17. The zero-order valence-corrected chi connectivity index (χ0v) is 14.8. The van der Waals surface area contributed by atoms with E-state index in [1.54, 1.807) is 23.3 Å². The summed E-state index contributed by atoms with van der Waals surface area (Å²) in [5.74, 6) is -0.410. The number of anilines is 1. The van der Waals surface area contributed by atoms with Gasteiger partial charge in [0.1, 0.15) is 11.6 Å². The fraction of sp³-hybridized carbons (Fsp3) is 0.368. The third-order valence-corrected chi connectivity index (χ3v) is 5.71. The Bertz CT molecular complexity index is 751. The number of fused-ring (bicyclic) bond motifs is 1. The van der Waals surface area contributed by atoms with Gasteiger partial charge in [0, 0.05) is 18.8 Å². The summed E-state index contributed by atoms with van der Waals surface area (Å²) in [6.07, 6.45) is 4.07. The molecule has 0 fully saturated rings. The Morgan fingerprint density at radius 2 is 1.88 bits per heavy atom. The Morgan fingerprint density at radius 3 is 2.58 bits per heavy atom. The normalized spacial score (nSPS) is 13.2. The highest BCUT2D eigenvalue weighted by Crippen LogP contribution is 2.40. The van der Waals surface area contributed by atoms with E-state index >= 15 is 0 Å². The van der Waals surface area contributed by atoms with Gasteiger partial charge in [0.05, 0.1) is 5.56 Å². The largest absolute Gasteiger partial charge is 0.457 e. The molecule has 1 heterocycles. The first-order valence-corrected chi connectivity index (χ1v) is 8.99. The predicted molar refractivity (Wildman–Crippen MR) is 95.6 cm³/mol. The lowest BCUT2D eigenvalue weighted by atomic mass is 9.95. The standard InChI is InChI=1S/C19H21NO3S/c1-13(21)20(2)18-17(15-10-6-7-11-16(15)24-18)19(22)23-12-14-8-4-3-5-9-14/h3-5,8-9H,6-7,10-12H2,1-2H3. The van der Waals surface area contributed by atoms with Crippen molar-refractivity contribution in [2.45, 2.75) is 39.2 Å². The van der Waals surface area contributed by atoms with E-state index < -0.39 is 0 Å². The fourth-order valence-electron chi connectivity index (χ4n) is 2.94. The molecule has 0 radical (unpaired) electrons. The monoisotopic (exact) mass is 343 g/mol. The molecule has 0 spiro atoms. The molecule has 3 rings (SSSR count). The van der Waals surface area contributed by atoms with Crippen molar-refractivity contribution in [1.29, 1.82) is 0 Å². The number of hydrogen-bond donors (Lipinski definition) is 0. The minimum absolute atomic E-state index is 0.0780. The van der Waals surface area contributed by atoms with E-state index in [9.17, 15) is 9.59 Å². The van der Waals surface area contributed by atoms with Crippen LogP contribution in [0.1, 0.15) is 46.1 Å². The molecular weight excluding hydrogens is 322 g/mol. The summed E-state index contributed by atoms with van der Waals surface area (Å²) in [6.45, 7) is 1.76. The third kappa shape index (κ3) is 3.36. The van der Waals surface area contributed by atoms with Gasteiger partial charge < -0.3 is 9.64 Å². The van der Waals surface area contributed by atoms with Crippen molar-refractivity contribution in [3.63, 3.8) is 0 Å². The van der Waals surface area contributed by atoms with Gasteiger partial charge in [0.2, 0.25) is 5.91 Å². The van der Waals surface area contributed by atoms with Gasteiger partial charge in [0.25, 0.3) is 0 Å². The first-order valence-electron chi connectivity index (χ1n) is 8.18. The predicted octanol–water partition coefficient (Wildman–Crippen LogP) is 3.97. The van der Waals surface area contributed by atoms with Crippen LogP contribution in [0.4, 0.5) is 5.00 Å². The van der Waals surface area contributed by atoms with Crippen molar-refractivity contribution >= 4 is 28.2 Å². The second kappa shape index (κ2) is 7.18. The Balaban J connectivity index is 1.88. The van der Waals surface area contributed by atoms with Crippen LogP contribution in [0, 0.1) is 0 Å². The second-order valence-corrected chi connectivity index (χ2v) is 7.11. The zero-order valence-electron chi connectivity index (χ0n) is 14.0. The average molecular weight is 343 g/mol. The summed E-state index contributed by atoms with van der Waals surface area (Å²) >= 11 is 1.55. The Hall–Kier alpha value is -2.14. The lowest BCUT2D eigenvalue weighted by Gasteiger charge is -2.16. The smallest absolute Gasteiger partial charge is 0.341 e. The minimum atomic E-state index is -0.332. The summed E-state index contributed by atoms with van der Waals surface area (Å²) in [5, 5.41) is 0.715. The topological polar surface area (TPSA) is 46.6 Å². The molecule has 0 unspecified atom stereocenters. The van der Waals surface area contributed by atoms with Gasteiger partial charge in [-0.25, -0.2) is 4.79 Å². The number of benzene rings is 1. The van der Waals surface area contributed by atoms with Crippen LogP contribution < -0.4 is 4.90 Å². The molecule has 1 amide bonds. The maximum Gasteiger partial charge on any atom is 0.341 e. The summed E-state index contributed by atoms with van der Waals surface area (Å²) in [7, 11) is 1.72. The summed E-state index contributed by atoms with van der Waals surface area (Å²) in [4.78, 5) is 27.3. The van der Waals surface area contributed by atoms with E-state index in [1.165, 1.54) is 11.8 Å². The molecular formula is C19H21NO3S. The lowest BCUT2D eigenvalue weighted by molar-refractivity contribution is -0.116. The lowest BCUT2D eigenvalue weighted by Crippen LogP contribution is -2.24. The van der Waals surface area contributed by atoms with E-state index in [0.29, 0.717) is 10.6 Å². The number of amides is 1. The van der Waals surface area contributed by atoms with Gasteiger partial charge in [-0.2, -0.15) is 0 Å². The minimum Gasteiger partial charge on any atom is -0.457 e. The molecule has 0 bridgehead atoms. The quantitative estimate of drug-likeness (QED) is 0.789. The maximum atomic E-state index is 12.7. The van der Waals surface area contributed by atoms with Crippen LogP contribution in [-0.4, -0.2) is 18.9 Å². The van der Waals surface area contributed by atoms with Crippen molar-refractivity contribution < 1.29 is 14.3 Å². The molecule has 4 nitrogen and oxygen atoms in total. The molecule has 0 aliphatic heterocycles. The molecule has 24 heavy (non-hydrogen) atoms. The summed E-state index contributed by atoms with van der Waals surface area (Å²) < 4.78 is 5.54. The van der Waals surface area contributed by atoms with E-state index in [2.05, 4.69) is 0 Å². The number of carbonyl (C=O) groups is 2. The first-order chi connectivity index (χ1) is 11.6. The molecule has 0 saturated heterocycles. The Labute approximate surface area is 146 Å². The van der Waals surface area contributed by atoms with Gasteiger partial charge in [-0.15, -0.1) is 11.3 Å². The number of hydrogen-bond acceptors (Lipinski definition) is 4. The number of rotatable bonds is 4. The van der Waals surface area contributed by atoms with Crippen LogP contribution in [0.2, 0.25) is 0 Å². The molecule has 0 atom stereocenters. The Morgan fingerprint density at radius 1 is 1.17 bits per heavy atom. The van der Waals surface area contributed by atoms with Gasteiger partial charge in [-0.3, -0.25) is 4.79 Å². The van der Waals surface area contributed by atoms with Crippen LogP contribution in [0.15, 0.2) is 30.3 Å². The molecule has 1 aromatic carbocycles. The van der Waals surface area contributed by atoms with Crippen LogP contribution in [0.3, 0.4) is 0 Å². The summed E-state index contributed by atoms with van der Waals surface area (Å²) in [5.41, 5.74) is 2.62.